The number of rotatable bonds is 6. The smallest absolute Gasteiger partial charge is 0.118 e. The molecule has 2 heterocycles. The number of nitrogens with zero attached hydrogens (tertiary/aromatic N) is 3. The lowest BCUT2D eigenvalue weighted by molar-refractivity contribution is 0.321. The van der Waals surface area contributed by atoms with Crippen LogP contribution in [0, 0.1) is 17.2 Å². The van der Waals surface area contributed by atoms with Crippen molar-refractivity contribution >= 4 is 23.3 Å². The van der Waals surface area contributed by atoms with Gasteiger partial charge in [0.2, 0.25) is 0 Å². The Hall–Kier alpha value is -2.48. The topological polar surface area (TPSA) is 41.2 Å². The fourth-order valence-corrected chi connectivity index (χ4v) is 4.04. The predicted molar refractivity (Wildman–Crippen MR) is 115 cm³/mol. The number of likely N-dealkylation sites (tertiary alicyclic amines) is 1. The normalized spacial score (nSPS) is 16.6. The van der Waals surface area contributed by atoms with Crippen molar-refractivity contribution in [3.8, 4) is 11.8 Å². The maximum atomic E-state index is 9.15. The minimum Gasteiger partial charge on any atom is -0.497 e. The monoisotopic (exact) mass is 395 g/mol. The van der Waals surface area contributed by atoms with Crippen LogP contribution in [0.3, 0.4) is 0 Å². The Morgan fingerprint density at radius 3 is 2.71 bits per heavy atom. The van der Waals surface area contributed by atoms with Crippen LogP contribution in [0.1, 0.15) is 17.5 Å². The molecule has 0 bridgehead atoms. The molecule has 0 aliphatic carbocycles. The van der Waals surface area contributed by atoms with Gasteiger partial charge in [-0.15, -0.1) is 12.4 Å². The summed E-state index contributed by atoms with van der Waals surface area (Å²) in [6.45, 7) is 4.45. The summed E-state index contributed by atoms with van der Waals surface area (Å²) < 4.78 is 7.54. The minimum atomic E-state index is 0. The molecule has 28 heavy (non-hydrogen) atoms. The van der Waals surface area contributed by atoms with E-state index in [4.69, 9.17) is 10.00 Å². The van der Waals surface area contributed by atoms with Gasteiger partial charge in [0.25, 0.3) is 0 Å². The van der Waals surface area contributed by atoms with Crippen LogP contribution in [-0.4, -0.2) is 36.2 Å². The minimum absolute atomic E-state index is 0. The third kappa shape index (κ3) is 4.49. The summed E-state index contributed by atoms with van der Waals surface area (Å²) in [5, 5.41) is 10.4. The third-order valence-corrected chi connectivity index (χ3v) is 5.60. The zero-order valence-electron chi connectivity index (χ0n) is 16.2. The molecule has 0 amide bonds. The van der Waals surface area contributed by atoms with Crippen LogP contribution in [0.15, 0.2) is 54.7 Å². The molecule has 1 atom stereocenters. The van der Waals surface area contributed by atoms with Gasteiger partial charge in [0, 0.05) is 31.3 Å². The van der Waals surface area contributed by atoms with Crippen LogP contribution in [-0.2, 0) is 13.0 Å². The SMILES string of the molecule is COc1ccc(CCN2CCC(Cn3ccc4ccc(C#N)cc43)C2)cc1.Cl. The summed E-state index contributed by atoms with van der Waals surface area (Å²) >= 11 is 0. The van der Waals surface area contributed by atoms with Crippen LogP contribution < -0.4 is 4.74 Å². The number of hydrogen-bond acceptors (Lipinski definition) is 3. The van der Waals surface area contributed by atoms with E-state index < -0.39 is 0 Å². The van der Waals surface area contributed by atoms with Gasteiger partial charge in [0.1, 0.15) is 5.75 Å². The van der Waals surface area contributed by atoms with Crippen molar-refractivity contribution in [3.63, 3.8) is 0 Å². The summed E-state index contributed by atoms with van der Waals surface area (Å²) in [6, 6.07) is 18.7. The maximum Gasteiger partial charge on any atom is 0.118 e. The average molecular weight is 396 g/mol. The van der Waals surface area contributed by atoms with Gasteiger partial charge in [-0.25, -0.2) is 0 Å². The Kier molecular flexibility index (Phi) is 6.61. The average Bonchev–Trinajstić information content (AvgIpc) is 3.33. The summed E-state index contributed by atoms with van der Waals surface area (Å²) in [4.78, 5) is 2.57. The van der Waals surface area contributed by atoms with Gasteiger partial charge in [0.15, 0.2) is 0 Å². The summed E-state index contributed by atoms with van der Waals surface area (Å²) in [6.07, 6.45) is 4.47. The molecule has 0 radical (unpaired) electrons. The molecule has 1 unspecified atom stereocenters. The van der Waals surface area contributed by atoms with Crippen molar-refractivity contribution in [2.24, 2.45) is 5.92 Å². The molecule has 2 aromatic carbocycles. The number of ether oxygens (including phenoxy) is 1. The van der Waals surface area contributed by atoms with E-state index in [0.29, 0.717) is 5.92 Å². The second-order valence-corrected chi connectivity index (χ2v) is 7.41. The Bertz CT molecular complexity index is 958. The van der Waals surface area contributed by atoms with E-state index in [9.17, 15) is 0 Å². The number of fused-ring (bicyclic) bond motifs is 1. The quantitative estimate of drug-likeness (QED) is 0.616. The molecule has 1 saturated heterocycles. The fraction of sp³-hybridized carbons (Fsp3) is 0.348. The number of aromatic nitrogens is 1. The Labute approximate surface area is 172 Å². The van der Waals surface area contributed by atoms with Crippen LogP contribution in [0.2, 0.25) is 0 Å². The van der Waals surface area contributed by atoms with E-state index in [0.717, 1.165) is 37.4 Å². The molecule has 1 aliphatic rings. The van der Waals surface area contributed by atoms with Gasteiger partial charge in [-0.1, -0.05) is 18.2 Å². The molecule has 146 valence electrons. The molecule has 1 aliphatic heterocycles. The van der Waals surface area contributed by atoms with Crippen LogP contribution in [0.5, 0.6) is 5.75 Å². The van der Waals surface area contributed by atoms with Gasteiger partial charge >= 0.3 is 0 Å². The van der Waals surface area contributed by atoms with Crippen molar-refractivity contribution < 1.29 is 4.74 Å². The van der Waals surface area contributed by atoms with E-state index in [1.165, 1.54) is 29.4 Å². The first-order valence-corrected chi connectivity index (χ1v) is 9.59. The zero-order valence-corrected chi connectivity index (χ0v) is 17.0. The summed E-state index contributed by atoms with van der Waals surface area (Å²) in [5.74, 6) is 1.58. The highest BCUT2D eigenvalue weighted by molar-refractivity contribution is 5.85. The molecule has 0 spiro atoms. The predicted octanol–water partition coefficient (Wildman–Crippen LogP) is 4.51. The van der Waals surface area contributed by atoms with E-state index in [-0.39, 0.29) is 12.4 Å². The second kappa shape index (κ2) is 9.14. The Morgan fingerprint density at radius 2 is 1.96 bits per heavy atom. The first-order chi connectivity index (χ1) is 13.2. The van der Waals surface area contributed by atoms with Crippen molar-refractivity contribution in [1.29, 1.82) is 5.26 Å². The second-order valence-electron chi connectivity index (χ2n) is 7.41. The van der Waals surface area contributed by atoms with Crippen molar-refractivity contribution in [1.82, 2.24) is 9.47 Å². The van der Waals surface area contributed by atoms with E-state index in [2.05, 4.69) is 39.9 Å². The zero-order chi connectivity index (χ0) is 18.6. The first-order valence-electron chi connectivity index (χ1n) is 9.59. The first kappa shape index (κ1) is 20.3. The van der Waals surface area contributed by atoms with Gasteiger partial charge in [0.05, 0.1) is 18.7 Å². The summed E-state index contributed by atoms with van der Waals surface area (Å²) in [5.41, 5.74) is 3.26. The van der Waals surface area contributed by atoms with Gasteiger partial charge in [-0.3, -0.25) is 0 Å². The lowest BCUT2D eigenvalue weighted by Gasteiger charge is -2.17. The Morgan fingerprint density at radius 1 is 1.14 bits per heavy atom. The number of halogens is 1. The van der Waals surface area contributed by atoms with E-state index >= 15 is 0 Å². The van der Waals surface area contributed by atoms with E-state index in [1.54, 1.807) is 7.11 Å². The largest absolute Gasteiger partial charge is 0.497 e. The number of nitriles is 1. The molecule has 1 aromatic heterocycles. The van der Waals surface area contributed by atoms with Crippen LogP contribution in [0.4, 0.5) is 0 Å². The number of hydrogen-bond donors (Lipinski definition) is 0. The molecular formula is C23H26ClN3O. The number of methoxy groups -OCH3 is 1. The molecule has 0 saturated carbocycles. The van der Waals surface area contributed by atoms with Crippen molar-refractivity contribution in [2.45, 2.75) is 19.4 Å². The highest BCUT2D eigenvalue weighted by Crippen LogP contribution is 2.23. The van der Waals surface area contributed by atoms with Gasteiger partial charge in [-0.2, -0.15) is 5.26 Å². The molecule has 4 nitrogen and oxygen atoms in total. The molecule has 0 N–H and O–H groups in total. The lowest BCUT2D eigenvalue weighted by Crippen LogP contribution is -2.24. The highest BCUT2D eigenvalue weighted by Gasteiger charge is 2.22. The van der Waals surface area contributed by atoms with E-state index in [1.807, 2.05) is 30.3 Å². The maximum absolute atomic E-state index is 9.15. The lowest BCUT2D eigenvalue weighted by atomic mass is 10.1. The standard InChI is InChI=1S/C23H25N3O.ClH/c1-27-22-6-3-18(4-7-22)8-11-25-12-9-20(16-25)17-26-13-10-21-5-2-19(15-24)14-23(21)26;/h2-7,10,13-14,20H,8-9,11-12,16-17H2,1H3;1H. The van der Waals surface area contributed by atoms with Crippen LogP contribution >= 0.6 is 12.4 Å². The van der Waals surface area contributed by atoms with Crippen molar-refractivity contribution in [2.75, 3.05) is 26.7 Å². The molecule has 4 rings (SSSR count). The fourth-order valence-electron chi connectivity index (χ4n) is 4.04. The Balaban J connectivity index is 0.00000225. The molecule has 1 fully saturated rings. The number of benzene rings is 2. The third-order valence-electron chi connectivity index (χ3n) is 5.60. The summed E-state index contributed by atoms with van der Waals surface area (Å²) in [7, 11) is 1.70. The van der Waals surface area contributed by atoms with Crippen molar-refractivity contribution in [3.05, 3.63) is 65.9 Å². The molecule has 5 heteroatoms. The van der Waals surface area contributed by atoms with Gasteiger partial charge < -0.3 is 14.2 Å². The highest BCUT2D eigenvalue weighted by atomic mass is 35.5. The van der Waals surface area contributed by atoms with Gasteiger partial charge in [-0.05, 0) is 66.6 Å². The van der Waals surface area contributed by atoms with Crippen LogP contribution in [0.25, 0.3) is 10.9 Å². The molecular weight excluding hydrogens is 370 g/mol. The molecule has 3 aromatic rings.